The molecule has 3 N–H and O–H groups in total. The minimum atomic E-state index is -0.618. The van der Waals surface area contributed by atoms with Crippen molar-refractivity contribution in [3.05, 3.63) is 35.9 Å². The van der Waals surface area contributed by atoms with Crippen LogP contribution in [0.25, 0.3) is 0 Å². The molecule has 0 saturated heterocycles. The van der Waals surface area contributed by atoms with E-state index in [-0.39, 0.29) is 11.3 Å². The van der Waals surface area contributed by atoms with Crippen molar-refractivity contribution in [3.63, 3.8) is 0 Å². The van der Waals surface area contributed by atoms with Crippen molar-refractivity contribution in [1.82, 2.24) is 5.32 Å². The Balaban J connectivity index is 1.48. The molecule has 1 aromatic rings. The highest BCUT2D eigenvalue weighted by Crippen LogP contribution is 2.60. The second-order valence-corrected chi connectivity index (χ2v) is 8.32. The Morgan fingerprint density at radius 3 is 2.08 bits per heavy atom. The van der Waals surface area contributed by atoms with Crippen LogP contribution in [-0.4, -0.2) is 17.9 Å². The Labute approximate surface area is 143 Å². The first kappa shape index (κ1) is 15.7. The molecule has 4 saturated carbocycles. The van der Waals surface area contributed by atoms with Crippen LogP contribution in [0.4, 0.5) is 0 Å². The zero-order chi connectivity index (χ0) is 16.7. The molecule has 4 aliphatic carbocycles. The van der Waals surface area contributed by atoms with Gasteiger partial charge in [-0.3, -0.25) is 9.59 Å². The van der Waals surface area contributed by atoms with Gasteiger partial charge in [-0.05, 0) is 61.8 Å². The van der Waals surface area contributed by atoms with Crippen molar-refractivity contribution in [3.8, 4) is 0 Å². The zero-order valence-corrected chi connectivity index (χ0v) is 14.0. The third-order valence-electron chi connectivity index (χ3n) is 6.45. The van der Waals surface area contributed by atoms with Gasteiger partial charge in [0.1, 0.15) is 6.04 Å². The molecule has 24 heavy (non-hydrogen) atoms. The number of benzene rings is 1. The second-order valence-electron chi connectivity index (χ2n) is 8.32. The number of nitrogens with one attached hydrogen (secondary N) is 1. The van der Waals surface area contributed by atoms with E-state index in [4.69, 9.17) is 5.73 Å². The molecule has 5 rings (SSSR count). The van der Waals surface area contributed by atoms with Crippen LogP contribution in [0.5, 0.6) is 0 Å². The van der Waals surface area contributed by atoms with E-state index in [0.717, 1.165) is 24.8 Å². The molecule has 4 heteroatoms. The Hall–Kier alpha value is -1.84. The summed E-state index contributed by atoms with van der Waals surface area (Å²) >= 11 is 0. The first-order valence-electron chi connectivity index (χ1n) is 9.18. The van der Waals surface area contributed by atoms with Crippen LogP contribution in [0.15, 0.2) is 30.3 Å². The molecule has 0 radical (unpaired) electrons. The van der Waals surface area contributed by atoms with E-state index in [1.54, 1.807) is 0 Å². The fraction of sp³-hybridized carbons (Fsp3) is 0.600. The molecular formula is C20H26N2O2. The molecule has 0 unspecified atom stereocenters. The van der Waals surface area contributed by atoms with Gasteiger partial charge in [0.05, 0.1) is 0 Å². The monoisotopic (exact) mass is 326 g/mol. The molecular weight excluding hydrogens is 300 g/mol. The highest BCUT2D eigenvalue weighted by molar-refractivity contribution is 5.89. The summed E-state index contributed by atoms with van der Waals surface area (Å²) in [6.45, 7) is 0. The summed E-state index contributed by atoms with van der Waals surface area (Å²) in [5, 5.41) is 3.01. The van der Waals surface area contributed by atoms with Crippen molar-refractivity contribution in [2.24, 2.45) is 28.9 Å². The Morgan fingerprint density at radius 2 is 1.58 bits per heavy atom. The summed E-state index contributed by atoms with van der Waals surface area (Å²) in [5.41, 5.74) is 6.35. The topological polar surface area (TPSA) is 72.2 Å². The maximum Gasteiger partial charge on any atom is 0.240 e. The van der Waals surface area contributed by atoms with Gasteiger partial charge in [0, 0.05) is 11.8 Å². The molecule has 128 valence electrons. The van der Waals surface area contributed by atoms with E-state index in [0.29, 0.717) is 24.2 Å². The van der Waals surface area contributed by atoms with Crippen LogP contribution in [0.3, 0.4) is 0 Å². The summed E-state index contributed by atoms with van der Waals surface area (Å²) in [4.78, 5) is 25.0. The Bertz CT molecular complexity index is 605. The lowest BCUT2D eigenvalue weighted by molar-refractivity contribution is -0.148. The molecule has 4 bridgehead atoms. The smallest absolute Gasteiger partial charge is 0.240 e. The quantitative estimate of drug-likeness (QED) is 0.872. The fourth-order valence-electron chi connectivity index (χ4n) is 5.77. The van der Waals surface area contributed by atoms with E-state index < -0.39 is 11.9 Å². The molecule has 2 amide bonds. The van der Waals surface area contributed by atoms with Crippen LogP contribution in [0.2, 0.25) is 0 Å². The van der Waals surface area contributed by atoms with Gasteiger partial charge in [-0.1, -0.05) is 30.3 Å². The SMILES string of the molecule is NC(=O)[C@@H](Cc1ccccc1)NC(=O)C12CC3CC(CC(C3)C1)C2. The lowest BCUT2D eigenvalue weighted by Crippen LogP contribution is -2.57. The number of primary amides is 1. The minimum Gasteiger partial charge on any atom is -0.368 e. The average molecular weight is 326 g/mol. The Kier molecular flexibility index (Phi) is 3.86. The van der Waals surface area contributed by atoms with Crippen LogP contribution in [-0.2, 0) is 16.0 Å². The van der Waals surface area contributed by atoms with Gasteiger partial charge in [0.25, 0.3) is 0 Å². The summed E-state index contributed by atoms with van der Waals surface area (Å²) in [6.07, 6.45) is 7.38. The number of carbonyl (C=O) groups excluding carboxylic acids is 2. The summed E-state index contributed by atoms with van der Waals surface area (Å²) in [6, 6.07) is 9.13. The van der Waals surface area contributed by atoms with Gasteiger partial charge >= 0.3 is 0 Å². The standard InChI is InChI=1S/C20H26N2O2/c21-18(23)17(9-13-4-2-1-3-5-13)22-19(24)20-10-14-6-15(11-20)8-16(7-14)12-20/h1-5,14-17H,6-12H2,(H2,21,23)(H,22,24)/t14?,15?,16?,17-,20?/m1/s1. The van der Waals surface area contributed by atoms with Crippen LogP contribution in [0, 0.1) is 23.2 Å². The summed E-state index contributed by atoms with van der Waals surface area (Å²) in [7, 11) is 0. The summed E-state index contributed by atoms with van der Waals surface area (Å²) < 4.78 is 0. The Morgan fingerprint density at radius 1 is 1.04 bits per heavy atom. The fourth-order valence-corrected chi connectivity index (χ4v) is 5.77. The zero-order valence-electron chi connectivity index (χ0n) is 14.0. The van der Waals surface area contributed by atoms with Crippen molar-refractivity contribution >= 4 is 11.8 Å². The molecule has 0 heterocycles. The number of hydrogen-bond donors (Lipinski definition) is 2. The number of hydrogen-bond acceptors (Lipinski definition) is 2. The van der Waals surface area contributed by atoms with Crippen LogP contribution < -0.4 is 11.1 Å². The van der Waals surface area contributed by atoms with Crippen LogP contribution in [0.1, 0.15) is 44.1 Å². The van der Waals surface area contributed by atoms with Crippen molar-refractivity contribution in [1.29, 1.82) is 0 Å². The van der Waals surface area contributed by atoms with E-state index in [9.17, 15) is 9.59 Å². The number of rotatable bonds is 5. The normalized spacial score (nSPS) is 34.8. The molecule has 4 fully saturated rings. The van der Waals surface area contributed by atoms with Gasteiger partial charge in [0.2, 0.25) is 11.8 Å². The molecule has 0 aromatic heterocycles. The second kappa shape index (κ2) is 5.91. The molecule has 4 nitrogen and oxygen atoms in total. The predicted octanol–water partition coefficient (Wildman–Crippen LogP) is 2.42. The maximum atomic E-state index is 13.1. The molecule has 0 spiro atoms. The van der Waals surface area contributed by atoms with E-state index in [1.807, 2.05) is 30.3 Å². The van der Waals surface area contributed by atoms with Gasteiger partial charge in [-0.25, -0.2) is 0 Å². The van der Waals surface area contributed by atoms with E-state index in [2.05, 4.69) is 5.32 Å². The summed E-state index contributed by atoms with van der Waals surface area (Å²) in [5.74, 6) is 1.76. The predicted molar refractivity (Wildman–Crippen MR) is 91.9 cm³/mol. The largest absolute Gasteiger partial charge is 0.368 e. The van der Waals surface area contributed by atoms with E-state index in [1.165, 1.54) is 19.3 Å². The van der Waals surface area contributed by atoms with Gasteiger partial charge in [0.15, 0.2) is 0 Å². The third kappa shape index (κ3) is 2.83. The number of amides is 2. The third-order valence-corrected chi connectivity index (χ3v) is 6.45. The van der Waals surface area contributed by atoms with Crippen molar-refractivity contribution in [2.45, 2.75) is 51.0 Å². The van der Waals surface area contributed by atoms with Gasteiger partial charge in [-0.15, -0.1) is 0 Å². The van der Waals surface area contributed by atoms with Crippen molar-refractivity contribution in [2.75, 3.05) is 0 Å². The van der Waals surface area contributed by atoms with Gasteiger partial charge < -0.3 is 11.1 Å². The lowest BCUT2D eigenvalue weighted by atomic mass is 9.49. The van der Waals surface area contributed by atoms with Crippen molar-refractivity contribution < 1.29 is 9.59 Å². The molecule has 0 aliphatic heterocycles. The highest BCUT2D eigenvalue weighted by atomic mass is 16.2. The highest BCUT2D eigenvalue weighted by Gasteiger charge is 2.54. The molecule has 1 aromatic carbocycles. The first-order chi connectivity index (χ1) is 11.5. The number of carbonyl (C=O) groups is 2. The molecule has 1 atom stereocenters. The average Bonchev–Trinajstić information content (AvgIpc) is 2.53. The lowest BCUT2D eigenvalue weighted by Gasteiger charge is -2.55. The number of nitrogens with two attached hydrogens (primary N) is 1. The van der Waals surface area contributed by atoms with Crippen LogP contribution >= 0.6 is 0 Å². The van der Waals surface area contributed by atoms with E-state index >= 15 is 0 Å². The van der Waals surface area contributed by atoms with Gasteiger partial charge in [-0.2, -0.15) is 0 Å². The molecule has 4 aliphatic rings. The minimum absolute atomic E-state index is 0.0707. The first-order valence-corrected chi connectivity index (χ1v) is 9.18. The maximum absolute atomic E-state index is 13.1.